The van der Waals surface area contributed by atoms with Crippen molar-refractivity contribution in [2.45, 2.75) is 6.18 Å². The Morgan fingerprint density at radius 2 is 1.88 bits per heavy atom. The number of nitrogens with zero attached hydrogens (tertiary/aromatic N) is 2. The van der Waals surface area contributed by atoms with Gasteiger partial charge < -0.3 is 5.11 Å². The highest BCUT2D eigenvalue weighted by molar-refractivity contribution is 9.12. The van der Waals surface area contributed by atoms with E-state index in [1.807, 2.05) is 0 Å². The maximum Gasteiger partial charge on any atom is 0.431 e. The molecule has 0 spiro atoms. The van der Waals surface area contributed by atoms with Gasteiger partial charge in [0, 0.05) is 18.1 Å². The molecule has 0 fully saturated rings. The molecule has 0 amide bonds. The number of aliphatic carboxylic acids is 1. The second-order valence-corrected chi connectivity index (χ2v) is 6.31. The van der Waals surface area contributed by atoms with Crippen LogP contribution in [-0.4, -0.2) is 20.2 Å². The van der Waals surface area contributed by atoms with Crippen LogP contribution in [0.1, 0.15) is 11.3 Å². The fourth-order valence-corrected chi connectivity index (χ4v) is 2.53. The van der Waals surface area contributed by atoms with E-state index in [1.165, 1.54) is 18.2 Å². The predicted octanol–water partition coefficient (Wildman–Crippen LogP) is 3.03. The SMILES string of the molecule is Cn1c(C(F)(F)F)cc(=O)n(-c2ccc(Cl)c(/C=C(\Br)C(=O)O)c2)c1=O. The van der Waals surface area contributed by atoms with Crippen molar-refractivity contribution in [3.8, 4) is 5.69 Å². The van der Waals surface area contributed by atoms with Crippen molar-refractivity contribution in [2.24, 2.45) is 7.05 Å². The molecule has 138 valence electrons. The number of benzene rings is 1. The Morgan fingerprint density at radius 3 is 2.42 bits per heavy atom. The smallest absolute Gasteiger partial charge is 0.431 e. The maximum absolute atomic E-state index is 12.9. The zero-order valence-electron chi connectivity index (χ0n) is 12.8. The Kier molecular flexibility index (Phi) is 5.47. The molecule has 0 saturated carbocycles. The Labute approximate surface area is 156 Å². The number of rotatable bonds is 3. The van der Waals surface area contributed by atoms with E-state index in [2.05, 4.69) is 15.9 Å². The van der Waals surface area contributed by atoms with Gasteiger partial charge in [-0.05, 0) is 45.8 Å². The van der Waals surface area contributed by atoms with Gasteiger partial charge in [-0.3, -0.25) is 9.36 Å². The lowest BCUT2D eigenvalue weighted by atomic mass is 10.2. The molecule has 0 unspecified atom stereocenters. The normalized spacial score (nSPS) is 12.3. The number of carboxylic acid groups (broad SMARTS) is 1. The standard InChI is InChI=1S/C15H9BrClF3N2O4/c1-21-11(15(18,19)20)6-12(23)22(14(21)26)8-2-3-10(17)7(4-8)5-9(16)13(24)25/h2-6H,1H3,(H,24,25)/b9-5-. The molecule has 1 aromatic heterocycles. The molecule has 0 radical (unpaired) electrons. The van der Waals surface area contributed by atoms with Crippen LogP contribution in [-0.2, 0) is 18.0 Å². The lowest BCUT2D eigenvalue weighted by Crippen LogP contribution is -2.40. The molecule has 0 aliphatic rings. The number of alkyl halides is 3. The topological polar surface area (TPSA) is 81.3 Å². The van der Waals surface area contributed by atoms with Gasteiger partial charge in [-0.1, -0.05) is 11.6 Å². The summed E-state index contributed by atoms with van der Waals surface area (Å²) in [6, 6.07) is 4.06. The zero-order chi connectivity index (χ0) is 19.8. The third-order valence-electron chi connectivity index (χ3n) is 3.33. The van der Waals surface area contributed by atoms with Gasteiger partial charge in [-0.15, -0.1) is 0 Å². The van der Waals surface area contributed by atoms with E-state index in [-0.39, 0.29) is 20.8 Å². The van der Waals surface area contributed by atoms with Gasteiger partial charge in [0.15, 0.2) is 0 Å². The van der Waals surface area contributed by atoms with E-state index in [0.29, 0.717) is 15.2 Å². The lowest BCUT2D eigenvalue weighted by molar-refractivity contribution is -0.144. The molecule has 1 aromatic carbocycles. The molecule has 6 nitrogen and oxygen atoms in total. The fraction of sp³-hybridized carbons (Fsp3) is 0.133. The molecule has 11 heteroatoms. The van der Waals surface area contributed by atoms with Crippen molar-refractivity contribution in [2.75, 3.05) is 0 Å². The van der Waals surface area contributed by atoms with Gasteiger partial charge in [0.25, 0.3) is 5.56 Å². The molecule has 0 atom stereocenters. The average Bonchev–Trinajstić information content (AvgIpc) is 2.52. The van der Waals surface area contributed by atoms with Crippen molar-refractivity contribution in [1.82, 2.24) is 9.13 Å². The molecular weight excluding hydrogens is 445 g/mol. The first-order chi connectivity index (χ1) is 11.9. The summed E-state index contributed by atoms with van der Waals surface area (Å²) in [6.07, 6.45) is -3.74. The van der Waals surface area contributed by atoms with Crippen LogP contribution in [0.2, 0.25) is 5.02 Å². The van der Waals surface area contributed by atoms with Crippen LogP contribution >= 0.6 is 27.5 Å². The predicted molar refractivity (Wildman–Crippen MR) is 91.8 cm³/mol. The Morgan fingerprint density at radius 1 is 1.27 bits per heavy atom. The third kappa shape index (κ3) is 3.91. The summed E-state index contributed by atoms with van der Waals surface area (Å²) in [5, 5.41) is 8.99. The van der Waals surface area contributed by atoms with Crippen molar-refractivity contribution in [1.29, 1.82) is 0 Å². The first-order valence-corrected chi connectivity index (χ1v) is 7.91. The number of hydrogen-bond acceptors (Lipinski definition) is 3. The molecule has 0 saturated heterocycles. The molecule has 1 heterocycles. The highest BCUT2D eigenvalue weighted by atomic mass is 79.9. The van der Waals surface area contributed by atoms with Gasteiger partial charge in [-0.25, -0.2) is 14.2 Å². The molecule has 2 aromatic rings. The van der Waals surface area contributed by atoms with Crippen LogP contribution in [0, 0.1) is 0 Å². The van der Waals surface area contributed by atoms with Crippen molar-refractivity contribution < 1.29 is 23.1 Å². The quantitative estimate of drug-likeness (QED) is 0.725. The number of halogens is 5. The van der Waals surface area contributed by atoms with E-state index in [1.54, 1.807) is 0 Å². The minimum atomic E-state index is -4.87. The van der Waals surface area contributed by atoms with Gasteiger partial charge in [0.2, 0.25) is 0 Å². The number of hydrogen-bond donors (Lipinski definition) is 1. The monoisotopic (exact) mass is 452 g/mol. The van der Waals surface area contributed by atoms with Crippen LogP contribution in [0.25, 0.3) is 11.8 Å². The summed E-state index contributed by atoms with van der Waals surface area (Å²) in [7, 11) is 0.888. The fourth-order valence-electron chi connectivity index (χ4n) is 2.11. The summed E-state index contributed by atoms with van der Waals surface area (Å²) >= 11 is 8.76. The van der Waals surface area contributed by atoms with E-state index in [0.717, 1.165) is 13.1 Å². The van der Waals surface area contributed by atoms with E-state index < -0.39 is 29.1 Å². The second kappa shape index (κ2) is 7.12. The summed E-state index contributed by atoms with van der Waals surface area (Å²) < 4.78 is 39.2. The Balaban J connectivity index is 2.73. The van der Waals surface area contributed by atoms with Crippen molar-refractivity contribution in [3.63, 3.8) is 0 Å². The molecule has 1 N–H and O–H groups in total. The number of carbonyl (C=O) groups is 1. The Hall–Kier alpha value is -2.33. The van der Waals surface area contributed by atoms with Crippen LogP contribution < -0.4 is 11.2 Å². The van der Waals surface area contributed by atoms with E-state index >= 15 is 0 Å². The van der Waals surface area contributed by atoms with Gasteiger partial charge in [0.05, 0.1) is 5.69 Å². The third-order valence-corrected chi connectivity index (χ3v) is 4.25. The van der Waals surface area contributed by atoms with Gasteiger partial charge in [-0.2, -0.15) is 13.2 Å². The maximum atomic E-state index is 12.9. The first kappa shape index (κ1) is 20.0. The zero-order valence-corrected chi connectivity index (χ0v) is 15.2. The van der Waals surface area contributed by atoms with Crippen LogP contribution in [0.15, 0.2) is 38.3 Å². The van der Waals surface area contributed by atoms with Crippen molar-refractivity contribution >= 4 is 39.6 Å². The minimum absolute atomic E-state index is 0.0642. The highest BCUT2D eigenvalue weighted by Crippen LogP contribution is 2.27. The highest BCUT2D eigenvalue weighted by Gasteiger charge is 2.35. The lowest BCUT2D eigenvalue weighted by Gasteiger charge is -2.14. The molecule has 26 heavy (non-hydrogen) atoms. The first-order valence-electron chi connectivity index (χ1n) is 6.74. The minimum Gasteiger partial charge on any atom is -0.477 e. The number of carboxylic acids is 1. The average molecular weight is 454 g/mol. The number of aromatic nitrogens is 2. The van der Waals surface area contributed by atoms with Gasteiger partial charge in [0.1, 0.15) is 10.2 Å². The summed E-state index contributed by atoms with van der Waals surface area (Å²) in [5.74, 6) is -1.28. The second-order valence-electron chi connectivity index (χ2n) is 5.05. The van der Waals surface area contributed by atoms with Crippen LogP contribution in [0.3, 0.4) is 0 Å². The summed E-state index contributed by atoms with van der Waals surface area (Å²) in [6.45, 7) is 0. The van der Waals surface area contributed by atoms with Crippen LogP contribution in [0.4, 0.5) is 13.2 Å². The van der Waals surface area contributed by atoms with E-state index in [9.17, 15) is 27.6 Å². The van der Waals surface area contributed by atoms with E-state index in [4.69, 9.17) is 16.7 Å². The summed E-state index contributed by atoms with van der Waals surface area (Å²) in [5.41, 5.74) is -3.70. The molecule has 0 bridgehead atoms. The molecular formula is C15H9BrClF3N2O4. The molecule has 0 aliphatic heterocycles. The van der Waals surface area contributed by atoms with Crippen molar-refractivity contribution in [3.05, 3.63) is 65.9 Å². The molecule has 0 aliphatic carbocycles. The van der Waals surface area contributed by atoms with Crippen LogP contribution in [0.5, 0.6) is 0 Å². The largest absolute Gasteiger partial charge is 0.477 e. The van der Waals surface area contributed by atoms with Gasteiger partial charge >= 0.3 is 17.8 Å². The Bertz CT molecular complexity index is 1040. The summed E-state index contributed by atoms with van der Waals surface area (Å²) in [4.78, 5) is 35.2. The molecule has 2 rings (SSSR count).